The molecule has 3 aromatic carbocycles. The minimum Gasteiger partial charge on any atom is -0.493 e. The largest absolute Gasteiger partial charge is 0.493 e. The van der Waals surface area contributed by atoms with Gasteiger partial charge in [-0.05, 0) is 80.3 Å². The number of hydrogen-bond donors (Lipinski definition) is 1. The molecule has 1 heterocycles. The van der Waals surface area contributed by atoms with Gasteiger partial charge in [-0.15, -0.1) is 0 Å². The Morgan fingerprint density at radius 3 is 2.26 bits per heavy atom. The zero-order valence-electron chi connectivity index (χ0n) is 20.9. The summed E-state index contributed by atoms with van der Waals surface area (Å²) >= 11 is 0. The Morgan fingerprint density at radius 1 is 0.886 bits per heavy atom. The number of rotatable bonds is 6. The van der Waals surface area contributed by atoms with Crippen LogP contribution >= 0.6 is 0 Å². The maximum absolute atomic E-state index is 13.7. The van der Waals surface area contributed by atoms with Crippen molar-refractivity contribution in [3.63, 3.8) is 0 Å². The van der Waals surface area contributed by atoms with Crippen molar-refractivity contribution in [3.8, 4) is 11.5 Å². The van der Waals surface area contributed by atoms with Gasteiger partial charge in [-0.25, -0.2) is 0 Å². The molecule has 0 saturated carbocycles. The predicted molar refractivity (Wildman–Crippen MR) is 138 cm³/mol. The zero-order valence-corrected chi connectivity index (χ0v) is 20.9. The highest BCUT2D eigenvalue weighted by Crippen LogP contribution is 2.43. The van der Waals surface area contributed by atoms with Crippen LogP contribution in [0, 0.1) is 26.7 Å². The first kappa shape index (κ1) is 24.3. The van der Waals surface area contributed by atoms with Crippen LogP contribution in [-0.2, 0) is 9.59 Å². The average Bonchev–Trinajstić information content (AvgIpc) is 2.86. The highest BCUT2D eigenvalue weighted by Gasteiger charge is 2.41. The number of methoxy groups -OCH3 is 2. The van der Waals surface area contributed by atoms with Gasteiger partial charge in [0, 0.05) is 17.8 Å². The summed E-state index contributed by atoms with van der Waals surface area (Å²) in [6.45, 7) is 6.07. The standard InChI is InChI=1S/C29H32N2O4/c1-18-6-11-23(12-7-18)31-27(32)15-13-24(29(33)30-22-10-8-19(2)20(3)16-22)28(31)21-9-14-25(34-4)26(17-21)35-5/h6-12,14,16-17,24,28H,13,15H2,1-5H3,(H,30,33)/t24-,28+/m0/s1. The lowest BCUT2D eigenvalue weighted by atomic mass is 9.83. The number of ether oxygens (including phenoxy) is 2. The third-order valence-corrected chi connectivity index (χ3v) is 6.77. The van der Waals surface area contributed by atoms with Gasteiger partial charge in [0.15, 0.2) is 11.5 Å². The predicted octanol–water partition coefficient (Wildman–Crippen LogP) is 5.75. The van der Waals surface area contributed by atoms with Gasteiger partial charge < -0.3 is 19.7 Å². The van der Waals surface area contributed by atoms with Crippen molar-refractivity contribution >= 4 is 23.2 Å². The Morgan fingerprint density at radius 2 is 1.60 bits per heavy atom. The summed E-state index contributed by atoms with van der Waals surface area (Å²) in [5.74, 6) is 0.576. The molecule has 0 aromatic heterocycles. The molecule has 1 aliphatic rings. The van der Waals surface area contributed by atoms with Crippen molar-refractivity contribution in [1.29, 1.82) is 0 Å². The van der Waals surface area contributed by atoms with E-state index < -0.39 is 12.0 Å². The summed E-state index contributed by atoms with van der Waals surface area (Å²) in [4.78, 5) is 28.7. The summed E-state index contributed by atoms with van der Waals surface area (Å²) in [6.07, 6.45) is 0.750. The van der Waals surface area contributed by atoms with Crippen LogP contribution in [0.1, 0.15) is 41.1 Å². The monoisotopic (exact) mass is 472 g/mol. The van der Waals surface area contributed by atoms with Crippen molar-refractivity contribution < 1.29 is 19.1 Å². The number of carbonyl (C=O) groups is 2. The van der Waals surface area contributed by atoms with Crippen LogP contribution in [0.5, 0.6) is 11.5 Å². The molecule has 0 radical (unpaired) electrons. The maximum Gasteiger partial charge on any atom is 0.229 e. The van der Waals surface area contributed by atoms with Gasteiger partial charge in [-0.2, -0.15) is 0 Å². The molecule has 3 aromatic rings. The van der Waals surface area contributed by atoms with E-state index in [0.717, 1.165) is 28.1 Å². The van der Waals surface area contributed by atoms with Gasteiger partial charge in [0.1, 0.15) is 0 Å². The fourth-order valence-corrected chi connectivity index (χ4v) is 4.65. The van der Waals surface area contributed by atoms with Crippen LogP contribution in [0.3, 0.4) is 0 Å². The van der Waals surface area contributed by atoms with Gasteiger partial charge in [0.2, 0.25) is 11.8 Å². The molecule has 0 aliphatic carbocycles. The molecule has 0 bridgehead atoms. The number of carbonyl (C=O) groups excluding carboxylic acids is 2. The van der Waals surface area contributed by atoms with Crippen molar-refractivity contribution in [2.24, 2.45) is 5.92 Å². The van der Waals surface area contributed by atoms with Gasteiger partial charge in [-0.3, -0.25) is 9.59 Å². The molecule has 2 amide bonds. The topological polar surface area (TPSA) is 67.9 Å². The second kappa shape index (κ2) is 10.2. The number of benzene rings is 3. The number of piperidine rings is 1. The van der Waals surface area contributed by atoms with E-state index in [2.05, 4.69) is 5.32 Å². The number of amides is 2. The van der Waals surface area contributed by atoms with Gasteiger partial charge in [0.05, 0.1) is 26.2 Å². The number of anilines is 2. The van der Waals surface area contributed by atoms with E-state index in [1.807, 2.05) is 81.4 Å². The average molecular weight is 473 g/mol. The summed E-state index contributed by atoms with van der Waals surface area (Å²) in [7, 11) is 3.16. The van der Waals surface area contributed by atoms with Crippen LogP contribution in [0.15, 0.2) is 60.7 Å². The van der Waals surface area contributed by atoms with E-state index in [-0.39, 0.29) is 11.8 Å². The molecular weight excluding hydrogens is 440 g/mol. The highest BCUT2D eigenvalue weighted by atomic mass is 16.5. The number of hydrogen-bond acceptors (Lipinski definition) is 4. The van der Waals surface area contributed by atoms with Crippen LogP contribution in [0.2, 0.25) is 0 Å². The lowest BCUT2D eigenvalue weighted by Gasteiger charge is -2.41. The van der Waals surface area contributed by atoms with Crippen LogP contribution in [0.4, 0.5) is 11.4 Å². The number of aryl methyl sites for hydroxylation is 3. The number of nitrogens with zero attached hydrogens (tertiary/aromatic N) is 1. The minimum atomic E-state index is -0.495. The van der Waals surface area contributed by atoms with E-state index in [1.165, 1.54) is 5.56 Å². The van der Waals surface area contributed by atoms with Crippen molar-refractivity contribution in [2.45, 2.75) is 39.7 Å². The molecule has 0 unspecified atom stereocenters. The Balaban J connectivity index is 1.77. The lowest BCUT2D eigenvalue weighted by molar-refractivity contribution is -0.125. The van der Waals surface area contributed by atoms with E-state index in [4.69, 9.17) is 9.47 Å². The van der Waals surface area contributed by atoms with Gasteiger partial charge in [0.25, 0.3) is 0 Å². The molecule has 1 N–H and O–H groups in total. The van der Waals surface area contributed by atoms with Crippen LogP contribution < -0.4 is 19.7 Å². The summed E-state index contributed by atoms with van der Waals surface area (Å²) in [5, 5.41) is 3.09. The van der Waals surface area contributed by atoms with Crippen molar-refractivity contribution in [2.75, 3.05) is 24.4 Å². The molecule has 182 valence electrons. The second-order valence-electron chi connectivity index (χ2n) is 9.09. The normalized spacial score (nSPS) is 17.7. The minimum absolute atomic E-state index is 0.0103. The molecule has 1 aliphatic heterocycles. The van der Waals surface area contributed by atoms with Gasteiger partial charge in [-0.1, -0.05) is 29.8 Å². The molecule has 6 nitrogen and oxygen atoms in total. The van der Waals surface area contributed by atoms with E-state index in [9.17, 15) is 9.59 Å². The van der Waals surface area contributed by atoms with Crippen molar-refractivity contribution in [1.82, 2.24) is 0 Å². The van der Waals surface area contributed by atoms with Crippen LogP contribution in [-0.4, -0.2) is 26.0 Å². The highest BCUT2D eigenvalue weighted by molar-refractivity contribution is 6.00. The molecule has 4 rings (SSSR count). The van der Waals surface area contributed by atoms with E-state index >= 15 is 0 Å². The third kappa shape index (κ3) is 5.02. The Kier molecular flexibility index (Phi) is 7.10. The Labute approximate surface area is 206 Å². The first-order chi connectivity index (χ1) is 16.8. The third-order valence-electron chi connectivity index (χ3n) is 6.77. The molecule has 0 spiro atoms. The molecule has 6 heteroatoms. The number of nitrogens with one attached hydrogen (secondary N) is 1. The van der Waals surface area contributed by atoms with E-state index in [1.54, 1.807) is 19.1 Å². The first-order valence-corrected chi connectivity index (χ1v) is 11.8. The second-order valence-corrected chi connectivity index (χ2v) is 9.09. The van der Waals surface area contributed by atoms with Crippen molar-refractivity contribution in [3.05, 3.63) is 82.9 Å². The van der Waals surface area contributed by atoms with Gasteiger partial charge >= 0.3 is 0 Å². The maximum atomic E-state index is 13.7. The quantitative estimate of drug-likeness (QED) is 0.496. The molecule has 1 saturated heterocycles. The lowest BCUT2D eigenvalue weighted by Crippen LogP contribution is -2.47. The molecular formula is C29H32N2O4. The smallest absolute Gasteiger partial charge is 0.229 e. The van der Waals surface area contributed by atoms with Crippen LogP contribution in [0.25, 0.3) is 0 Å². The van der Waals surface area contributed by atoms with E-state index in [0.29, 0.717) is 24.3 Å². The fourth-order valence-electron chi connectivity index (χ4n) is 4.65. The Hall–Kier alpha value is -3.80. The first-order valence-electron chi connectivity index (χ1n) is 11.8. The SMILES string of the molecule is COc1ccc([C@@H]2[C@@H](C(=O)Nc3ccc(C)c(C)c3)CCC(=O)N2c2ccc(C)cc2)cc1OC. The fraction of sp³-hybridized carbons (Fsp3) is 0.310. The molecule has 2 atom stereocenters. The summed E-state index contributed by atoms with van der Waals surface area (Å²) < 4.78 is 11.0. The molecule has 35 heavy (non-hydrogen) atoms. The Bertz CT molecular complexity index is 1240. The summed E-state index contributed by atoms with van der Waals surface area (Å²) in [5.41, 5.74) is 5.72. The zero-order chi connectivity index (χ0) is 25.1. The molecule has 1 fully saturated rings. The summed E-state index contributed by atoms with van der Waals surface area (Å²) in [6, 6.07) is 18.8.